The Kier molecular flexibility index (Phi) is 3.90. The zero-order valence-electron chi connectivity index (χ0n) is 14.0. The molecule has 0 saturated carbocycles. The average molecular weight is 323 g/mol. The third-order valence-electron chi connectivity index (χ3n) is 4.72. The van der Waals surface area contributed by atoms with Crippen LogP contribution in [0.1, 0.15) is 12.8 Å². The minimum Gasteiger partial charge on any atom is -0.454 e. The summed E-state index contributed by atoms with van der Waals surface area (Å²) in [5.74, 6) is 1.35. The third-order valence-corrected chi connectivity index (χ3v) is 4.72. The molecule has 0 radical (unpaired) electrons. The van der Waals surface area contributed by atoms with Gasteiger partial charge in [0.25, 0.3) is 0 Å². The zero-order valence-corrected chi connectivity index (χ0v) is 14.0. The third kappa shape index (κ3) is 2.85. The molecule has 2 aromatic heterocycles. The standard InChI is InChI=1S/C18H21N5O/c1-22-9-5-7-14(22)12-23(2)18-20-15(11-19-21-18)17-10-13-6-3-4-8-16(13)24-17/h3-4,6,8,10-11,14H,5,7,9,12H2,1-2H3. The van der Waals surface area contributed by atoms with E-state index >= 15 is 0 Å². The lowest BCUT2D eigenvalue weighted by Crippen LogP contribution is -2.37. The smallest absolute Gasteiger partial charge is 0.245 e. The second-order valence-electron chi connectivity index (χ2n) is 6.45. The minimum absolute atomic E-state index is 0.549. The molecule has 3 aromatic rings. The molecule has 24 heavy (non-hydrogen) atoms. The summed E-state index contributed by atoms with van der Waals surface area (Å²) in [4.78, 5) is 9.12. The Hall–Kier alpha value is -2.47. The first-order valence-electron chi connectivity index (χ1n) is 8.31. The minimum atomic E-state index is 0.549. The van der Waals surface area contributed by atoms with Gasteiger partial charge in [0.15, 0.2) is 5.76 Å². The van der Waals surface area contributed by atoms with E-state index in [0.29, 0.717) is 17.7 Å². The van der Waals surface area contributed by atoms with Gasteiger partial charge in [-0.1, -0.05) is 18.2 Å². The summed E-state index contributed by atoms with van der Waals surface area (Å²) in [6, 6.07) is 10.5. The van der Waals surface area contributed by atoms with E-state index in [4.69, 9.17) is 4.42 Å². The van der Waals surface area contributed by atoms with Gasteiger partial charge in [-0.05, 0) is 38.6 Å². The van der Waals surface area contributed by atoms with E-state index in [-0.39, 0.29) is 0 Å². The average Bonchev–Trinajstić information content (AvgIpc) is 3.21. The fourth-order valence-electron chi connectivity index (χ4n) is 3.29. The lowest BCUT2D eigenvalue weighted by molar-refractivity contribution is 0.313. The molecule has 6 nitrogen and oxygen atoms in total. The van der Waals surface area contributed by atoms with Gasteiger partial charge in [-0.25, -0.2) is 4.98 Å². The molecule has 124 valence electrons. The molecule has 0 aliphatic carbocycles. The Labute approximate surface area is 141 Å². The van der Waals surface area contributed by atoms with Gasteiger partial charge < -0.3 is 14.2 Å². The maximum Gasteiger partial charge on any atom is 0.245 e. The van der Waals surface area contributed by atoms with Crippen LogP contribution in [0, 0.1) is 0 Å². The first-order chi connectivity index (χ1) is 11.7. The lowest BCUT2D eigenvalue weighted by Gasteiger charge is -2.25. The molecule has 0 spiro atoms. The maximum atomic E-state index is 5.88. The molecule has 1 aliphatic heterocycles. The van der Waals surface area contributed by atoms with Crippen LogP contribution < -0.4 is 4.90 Å². The maximum absolute atomic E-state index is 5.88. The van der Waals surface area contributed by atoms with E-state index in [1.165, 1.54) is 12.8 Å². The van der Waals surface area contributed by atoms with Crippen molar-refractivity contribution in [2.24, 2.45) is 0 Å². The monoisotopic (exact) mass is 323 g/mol. The largest absolute Gasteiger partial charge is 0.454 e. The van der Waals surface area contributed by atoms with Gasteiger partial charge in [-0.2, -0.15) is 5.10 Å². The number of likely N-dealkylation sites (N-methyl/N-ethyl adjacent to an activating group) is 2. The van der Waals surface area contributed by atoms with Crippen LogP contribution in [0.15, 0.2) is 40.9 Å². The fourth-order valence-corrected chi connectivity index (χ4v) is 3.29. The highest BCUT2D eigenvalue weighted by Gasteiger charge is 2.23. The molecule has 1 unspecified atom stereocenters. The van der Waals surface area contributed by atoms with E-state index in [1.807, 2.05) is 37.4 Å². The first kappa shape index (κ1) is 15.1. The Morgan fingerprint density at radius 2 is 2.21 bits per heavy atom. The highest BCUT2D eigenvalue weighted by atomic mass is 16.3. The van der Waals surface area contributed by atoms with Gasteiger partial charge in [0.2, 0.25) is 5.95 Å². The highest BCUT2D eigenvalue weighted by molar-refractivity contribution is 5.82. The summed E-state index contributed by atoms with van der Waals surface area (Å²) in [6.45, 7) is 2.07. The highest BCUT2D eigenvalue weighted by Crippen LogP contribution is 2.26. The summed E-state index contributed by atoms with van der Waals surface area (Å²) in [5.41, 5.74) is 1.57. The van der Waals surface area contributed by atoms with Crippen LogP contribution in [-0.4, -0.2) is 53.3 Å². The fraction of sp³-hybridized carbons (Fsp3) is 0.389. The number of benzene rings is 1. The number of hydrogen-bond donors (Lipinski definition) is 0. The number of hydrogen-bond acceptors (Lipinski definition) is 6. The lowest BCUT2D eigenvalue weighted by atomic mass is 10.2. The summed E-state index contributed by atoms with van der Waals surface area (Å²) in [7, 11) is 4.20. The molecule has 3 heterocycles. The van der Waals surface area contributed by atoms with Crippen molar-refractivity contribution < 1.29 is 4.42 Å². The van der Waals surface area contributed by atoms with Gasteiger partial charge in [0.1, 0.15) is 11.3 Å². The second-order valence-corrected chi connectivity index (χ2v) is 6.45. The first-order valence-corrected chi connectivity index (χ1v) is 8.31. The molecule has 1 saturated heterocycles. The SMILES string of the molecule is CN(CC1CCCN1C)c1nncc(-c2cc3ccccc3o2)n1. The van der Waals surface area contributed by atoms with Crippen LogP contribution in [0.5, 0.6) is 0 Å². The van der Waals surface area contributed by atoms with Gasteiger partial charge in [-0.15, -0.1) is 5.10 Å². The number of rotatable bonds is 4. The van der Waals surface area contributed by atoms with Crippen molar-refractivity contribution in [1.29, 1.82) is 0 Å². The molecule has 6 heteroatoms. The van der Waals surface area contributed by atoms with Crippen molar-refractivity contribution in [2.75, 3.05) is 32.1 Å². The molecule has 1 aliphatic rings. The van der Waals surface area contributed by atoms with E-state index in [0.717, 1.165) is 29.8 Å². The normalized spacial score (nSPS) is 18.3. The Morgan fingerprint density at radius 1 is 1.33 bits per heavy atom. The Morgan fingerprint density at radius 3 is 3.00 bits per heavy atom. The van der Waals surface area contributed by atoms with Crippen LogP contribution in [0.2, 0.25) is 0 Å². The van der Waals surface area contributed by atoms with E-state index < -0.39 is 0 Å². The quantitative estimate of drug-likeness (QED) is 0.736. The van der Waals surface area contributed by atoms with E-state index in [9.17, 15) is 0 Å². The molecule has 0 bridgehead atoms. The van der Waals surface area contributed by atoms with Gasteiger partial charge in [0, 0.05) is 25.0 Å². The summed E-state index contributed by atoms with van der Waals surface area (Å²) in [5, 5.41) is 9.37. The molecule has 1 aromatic carbocycles. The molecule has 1 atom stereocenters. The van der Waals surface area contributed by atoms with Gasteiger partial charge in [-0.3, -0.25) is 0 Å². The van der Waals surface area contributed by atoms with Gasteiger partial charge >= 0.3 is 0 Å². The van der Waals surface area contributed by atoms with Crippen LogP contribution in [0.4, 0.5) is 5.95 Å². The number of nitrogens with zero attached hydrogens (tertiary/aromatic N) is 5. The van der Waals surface area contributed by atoms with Crippen molar-refractivity contribution in [2.45, 2.75) is 18.9 Å². The Bertz CT molecular complexity index is 813. The van der Waals surface area contributed by atoms with Crippen molar-refractivity contribution in [3.05, 3.63) is 36.5 Å². The molecule has 0 N–H and O–H groups in total. The van der Waals surface area contributed by atoms with Crippen LogP contribution in [0.25, 0.3) is 22.4 Å². The molecule has 4 rings (SSSR count). The number of furan rings is 1. The number of aromatic nitrogens is 3. The number of fused-ring (bicyclic) bond motifs is 1. The summed E-state index contributed by atoms with van der Waals surface area (Å²) >= 11 is 0. The van der Waals surface area contributed by atoms with Crippen molar-refractivity contribution in [3.8, 4) is 11.5 Å². The van der Waals surface area contributed by atoms with Crippen LogP contribution in [-0.2, 0) is 0 Å². The molecule has 0 amide bonds. The van der Waals surface area contributed by atoms with Crippen molar-refractivity contribution in [1.82, 2.24) is 20.1 Å². The zero-order chi connectivity index (χ0) is 16.5. The summed E-state index contributed by atoms with van der Waals surface area (Å²) in [6.07, 6.45) is 4.13. The second kappa shape index (κ2) is 6.20. The topological polar surface area (TPSA) is 58.3 Å². The predicted octanol–water partition coefficient (Wildman–Crippen LogP) is 2.82. The predicted molar refractivity (Wildman–Crippen MR) is 94.0 cm³/mol. The molecular weight excluding hydrogens is 302 g/mol. The summed E-state index contributed by atoms with van der Waals surface area (Å²) < 4.78 is 5.88. The van der Waals surface area contributed by atoms with Crippen LogP contribution >= 0.6 is 0 Å². The Balaban J connectivity index is 1.58. The molecular formula is C18H21N5O. The van der Waals surface area contributed by atoms with E-state index in [2.05, 4.69) is 32.0 Å². The van der Waals surface area contributed by atoms with Gasteiger partial charge in [0.05, 0.1) is 6.20 Å². The molecule has 1 fully saturated rings. The number of anilines is 1. The number of para-hydroxylation sites is 1. The van der Waals surface area contributed by atoms with E-state index in [1.54, 1.807) is 6.20 Å². The van der Waals surface area contributed by atoms with Crippen molar-refractivity contribution in [3.63, 3.8) is 0 Å². The van der Waals surface area contributed by atoms with Crippen molar-refractivity contribution >= 4 is 16.9 Å². The van der Waals surface area contributed by atoms with Crippen LogP contribution in [0.3, 0.4) is 0 Å². The number of likely N-dealkylation sites (tertiary alicyclic amines) is 1.